The summed E-state index contributed by atoms with van der Waals surface area (Å²) in [5.74, 6) is -0.603. The molecule has 0 bridgehead atoms. The van der Waals surface area contributed by atoms with Gasteiger partial charge in [0.15, 0.2) is 11.9 Å². The summed E-state index contributed by atoms with van der Waals surface area (Å²) in [6.45, 7) is 8.82. The molecule has 0 saturated heterocycles. The summed E-state index contributed by atoms with van der Waals surface area (Å²) in [5.41, 5.74) is 6.29. The van der Waals surface area contributed by atoms with Gasteiger partial charge in [0, 0.05) is 53.0 Å². The number of hydrogen-bond acceptors (Lipinski definition) is 8. The number of rotatable bonds is 14. The van der Waals surface area contributed by atoms with Crippen molar-refractivity contribution >= 4 is 45.7 Å². The molecule has 2 amide bonds. The predicted octanol–water partition coefficient (Wildman–Crippen LogP) is 3.92. The molecule has 1 aliphatic heterocycles. The lowest BCUT2D eigenvalue weighted by atomic mass is 9.88. The Labute approximate surface area is 292 Å². The molecule has 0 radical (unpaired) electrons. The number of anilines is 1. The maximum atomic E-state index is 14.0. The topological polar surface area (TPSA) is 149 Å². The molecule has 2 aromatic heterocycles. The Hall–Kier alpha value is -5.14. The molecule has 2 unspecified atom stereocenters. The number of ketones is 1. The van der Waals surface area contributed by atoms with Gasteiger partial charge in [-0.1, -0.05) is 30.3 Å². The highest BCUT2D eigenvalue weighted by Gasteiger charge is 2.36. The molecule has 2 N–H and O–H groups in total. The van der Waals surface area contributed by atoms with Gasteiger partial charge in [0.05, 0.1) is 41.0 Å². The van der Waals surface area contributed by atoms with E-state index in [-0.39, 0.29) is 48.8 Å². The maximum Gasteiger partial charge on any atom is 0.272 e. The van der Waals surface area contributed by atoms with Gasteiger partial charge in [0.2, 0.25) is 12.3 Å². The fraction of sp³-hybridized carbons (Fsp3) is 0.324. The molecule has 50 heavy (non-hydrogen) atoms. The van der Waals surface area contributed by atoms with Crippen LogP contribution in [0.3, 0.4) is 0 Å². The first kappa shape index (κ1) is 34.7. The average Bonchev–Trinajstić information content (AvgIpc) is 3.46. The molecular weight excluding hydrogens is 659 g/mol. The monoisotopic (exact) mass is 697 g/mol. The van der Waals surface area contributed by atoms with Crippen LogP contribution < -0.4 is 16.2 Å². The third-order valence-electron chi connectivity index (χ3n) is 9.02. The lowest BCUT2D eigenvalue weighted by molar-refractivity contribution is -0.133. The Bertz CT molecular complexity index is 2080. The minimum absolute atomic E-state index is 0.0658. The fourth-order valence-corrected chi connectivity index (χ4v) is 7.57. The van der Waals surface area contributed by atoms with Crippen LogP contribution in [0.2, 0.25) is 0 Å². The summed E-state index contributed by atoms with van der Waals surface area (Å²) in [7, 11) is -1.14. The number of benzene rings is 2. The molecule has 6 rings (SSSR count). The van der Waals surface area contributed by atoms with Gasteiger partial charge in [-0.05, 0) is 68.7 Å². The van der Waals surface area contributed by atoms with Crippen LogP contribution in [0.15, 0.2) is 71.9 Å². The van der Waals surface area contributed by atoms with E-state index in [1.165, 1.54) is 0 Å². The van der Waals surface area contributed by atoms with Crippen LogP contribution in [0.1, 0.15) is 54.2 Å². The van der Waals surface area contributed by atoms with Gasteiger partial charge in [-0.2, -0.15) is 0 Å². The van der Waals surface area contributed by atoms with E-state index >= 15 is 0 Å². The smallest absolute Gasteiger partial charge is 0.272 e. The minimum atomic E-state index is -1.14. The van der Waals surface area contributed by atoms with Crippen molar-refractivity contribution in [3.05, 3.63) is 105 Å². The highest BCUT2D eigenvalue weighted by atomic mass is 32.2. The standard InChI is InChI=1S/C37H39N5O7S/c1-22(2)42(50(4)47)16-15-26-27-7-5-6-8-31(27)40-35-30(26)19-41-32(35)17-29-28(37(41)46)13-14-33(44)36(29)49-23(3)48-20-24-9-11-25(12-10-24)39-34(45)18-38-21-43/h5-12,17,21-22,36H,3,13-16,18-20H2,1-2,4H3,(H,38,43)(H,39,45). The van der Waals surface area contributed by atoms with Gasteiger partial charge in [0.1, 0.15) is 6.61 Å². The zero-order valence-corrected chi connectivity index (χ0v) is 29.0. The van der Waals surface area contributed by atoms with Crippen molar-refractivity contribution in [2.24, 2.45) is 0 Å². The molecule has 2 atom stereocenters. The van der Waals surface area contributed by atoms with Gasteiger partial charge >= 0.3 is 0 Å². The zero-order valence-electron chi connectivity index (χ0n) is 28.2. The van der Waals surface area contributed by atoms with E-state index in [0.717, 1.165) is 27.6 Å². The van der Waals surface area contributed by atoms with Crippen molar-refractivity contribution in [3.63, 3.8) is 0 Å². The molecule has 12 nitrogen and oxygen atoms in total. The van der Waals surface area contributed by atoms with Gasteiger partial charge in [-0.25, -0.2) is 13.5 Å². The lowest BCUT2D eigenvalue weighted by Crippen LogP contribution is -2.34. The molecule has 2 aliphatic rings. The van der Waals surface area contributed by atoms with E-state index in [4.69, 9.17) is 14.5 Å². The van der Waals surface area contributed by atoms with E-state index in [1.54, 1.807) is 35.1 Å². The number of carbonyl (C=O) groups is 3. The van der Waals surface area contributed by atoms with E-state index < -0.39 is 17.1 Å². The number of carbonyl (C=O) groups excluding carboxylic acids is 3. The Morgan fingerprint density at radius 3 is 2.62 bits per heavy atom. The molecule has 0 saturated carbocycles. The molecule has 260 valence electrons. The van der Waals surface area contributed by atoms with E-state index in [9.17, 15) is 23.4 Å². The van der Waals surface area contributed by atoms with Crippen molar-refractivity contribution in [2.45, 2.75) is 58.4 Å². The van der Waals surface area contributed by atoms with Crippen LogP contribution >= 0.6 is 0 Å². The third-order valence-corrected chi connectivity index (χ3v) is 10.3. The molecule has 1 aliphatic carbocycles. The number of fused-ring (bicyclic) bond motifs is 5. The summed E-state index contributed by atoms with van der Waals surface area (Å²) in [5, 5.41) is 5.97. The second-order valence-electron chi connectivity index (χ2n) is 12.6. The normalized spacial score (nSPS) is 15.3. The Balaban J connectivity index is 1.24. The lowest BCUT2D eigenvalue weighted by Gasteiger charge is -2.26. The highest BCUT2D eigenvalue weighted by Crippen LogP contribution is 2.39. The first-order valence-corrected chi connectivity index (χ1v) is 17.9. The number of para-hydroxylation sites is 1. The van der Waals surface area contributed by atoms with Gasteiger partial charge in [-0.3, -0.25) is 19.2 Å². The average molecular weight is 698 g/mol. The first-order valence-electron chi connectivity index (χ1n) is 16.4. The van der Waals surface area contributed by atoms with Gasteiger partial charge in [0.25, 0.3) is 11.5 Å². The predicted molar refractivity (Wildman–Crippen MR) is 190 cm³/mol. The minimum Gasteiger partial charge on any atom is -0.461 e. The summed E-state index contributed by atoms with van der Waals surface area (Å²) < 4.78 is 28.0. The van der Waals surface area contributed by atoms with Crippen LogP contribution in [-0.4, -0.2) is 61.6 Å². The highest BCUT2D eigenvalue weighted by molar-refractivity contribution is 7.81. The van der Waals surface area contributed by atoms with E-state index in [2.05, 4.69) is 17.2 Å². The molecule has 0 fully saturated rings. The summed E-state index contributed by atoms with van der Waals surface area (Å²) >= 11 is 0. The van der Waals surface area contributed by atoms with Crippen molar-refractivity contribution in [1.29, 1.82) is 0 Å². The van der Waals surface area contributed by atoms with Crippen LogP contribution in [-0.2, 0) is 60.8 Å². The number of hydrogen-bond donors (Lipinski definition) is 2. The summed E-state index contributed by atoms with van der Waals surface area (Å²) in [6.07, 6.45) is 2.16. The molecule has 13 heteroatoms. The number of pyridine rings is 2. The number of aromatic nitrogens is 2. The SMILES string of the molecule is C=C(OCc1ccc(NC(=O)CNC=O)cc1)OC1C(=O)CCc2c1cc1n(c2=O)Cc2c-1nc1ccccc1c2CCN(C(C)C)S(C)=O. The van der Waals surface area contributed by atoms with Crippen LogP contribution in [0, 0.1) is 0 Å². The summed E-state index contributed by atoms with van der Waals surface area (Å²) in [6, 6.07) is 16.7. The quantitative estimate of drug-likeness (QED) is 0.131. The largest absolute Gasteiger partial charge is 0.461 e. The number of amides is 2. The Morgan fingerprint density at radius 1 is 1.14 bits per heavy atom. The second kappa shape index (κ2) is 14.8. The van der Waals surface area contributed by atoms with Gasteiger partial charge in [-0.15, -0.1) is 0 Å². The number of nitrogens with zero attached hydrogens (tertiary/aromatic N) is 3. The van der Waals surface area contributed by atoms with Crippen molar-refractivity contribution in [2.75, 3.05) is 24.7 Å². The zero-order chi connectivity index (χ0) is 35.5. The second-order valence-corrected chi connectivity index (χ2v) is 13.9. The Morgan fingerprint density at radius 2 is 1.90 bits per heavy atom. The number of Topliss-reactive ketones (excluding diaryl/α,β-unsaturated/α-hetero) is 1. The van der Waals surface area contributed by atoms with E-state index in [0.29, 0.717) is 60.5 Å². The molecule has 0 spiro atoms. The number of ether oxygens (including phenoxy) is 2. The van der Waals surface area contributed by atoms with Crippen molar-refractivity contribution in [1.82, 2.24) is 19.2 Å². The van der Waals surface area contributed by atoms with Crippen LogP contribution in [0.4, 0.5) is 5.69 Å². The van der Waals surface area contributed by atoms with Crippen molar-refractivity contribution in [3.8, 4) is 11.4 Å². The van der Waals surface area contributed by atoms with Crippen molar-refractivity contribution < 1.29 is 28.1 Å². The maximum absolute atomic E-state index is 14.0. The molecule has 2 aromatic carbocycles. The Kier molecular flexibility index (Phi) is 10.3. The molecular formula is C37H39N5O7S. The van der Waals surface area contributed by atoms with Gasteiger partial charge < -0.3 is 24.7 Å². The number of nitrogens with one attached hydrogen (secondary N) is 2. The molecule has 4 aromatic rings. The van der Waals surface area contributed by atoms with Crippen LogP contribution in [0.25, 0.3) is 22.3 Å². The molecule has 3 heterocycles. The first-order chi connectivity index (χ1) is 24.0. The fourth-order valence-electron chi connectivity index (χ4n) is 6.63. The third kappa shape index (κ3) is 7.10. The van der Waals surface area contributed by atoms with E-state index in [1.807, 2.05) is 48.5 Å². The van der Waals surface area contributed by atoms with Crippen LogP contribution in [0.5, 0.6) is 0 Å². The summed E-state index contributed by atoms with van der Waals surface area (Å²) in [4.78, 5) is 54.5.